The molecule has 0 radical (unpaired) electrons. The standard InChI is InChI=1S/C17H34N4O3S.HI/c1-18-16(20-14-17(7-4-8-17)9-12-24-2)19-13-15-5-10-21(11-6-15)25(3,22)23;/h15H,4-14H2,1-3H3,(H2,18,19,20);1H. The second kappa shape index (κ2) is 11.0. The van der Waals surface area contributed by atoms with Crippen molar-refractivity contribution in [1.29, 1.82) is 0 Å². The molecule has 0 amide bonds. The maximum atomic E-state index is 11.6. The molecule has 1 saturated heterocycles. The monoisotopic (exact) mass is 502 g/mol. The Morgan fingerprint density at radius 1 is 1.27 bits per heavy atom. The minimum atomic E-state index is -3.05. The number of nitrogens with one attached hydrogen (secondary N) is 2. The second-order valence-electron chi connectivity index (χ2n) is 7.51. The molecule has 1 aliphatic heterocycles. The van der Waals surface area contributed by atoms with Gasteiger partial charge in [0, 0.05) is 46.9 Å². The van der Waals surface area contributed by atoms with Crippen molar-refractivity contribution in [1.82, 2.24) is 14.9 Å². The molecule has 2 rings (SSSR count). The van der Waals surface area contributed by atoms with Gasteiger partial charge in [-0.1, -0.05) is 6.42 Å². The first-order valence-electron chi connectivity index (χ1n) is 9.27. The molecule has 7 nitrogen and oxygen atoms in total. The van der Waals surface area contributed by atoms with Crippen LogP contribution in [0.3, 0.4) is 0 Å². The smallest absolute Gasteiger partial charge is 0.211 e. The van der Waals surface area contributed by atoms with E-state index in [0.29, 0.717) is 24.4 Å². The average molecular weight is 502 g/mol. The summed E-state index contributed by atoms with van der Waals surface area (Å²) in [6.45, 7) is 3.83. The van der Waals surface area contributed by atoms with E-state index in [-0.39, 0.29) is 24.0 Å². The van der Waals surface area contributed by atoms with E-state index in [9.17, 15) is 8.42 Å². The molecule has 0 bridgehead atoms. The van der Waals surface area contributed by atoms with E-state index in [1.165, 1.54) is 25.5 Å². The number of methoxy groups -OCH3 is 1. The van der Waals surface area contributed by atoms with Gasteiger partial charge in [0.2, 0.25) is 10.0 Å². The van der Waals surface area contributed by atoms with Crippen LogP contribution in [0.2, 0.25) is 0 Å². The van der Waals surface area contributed by atoms with Gasteiger partial charge in [-0.3, -0.25) is 4.99 Å². The highest BCUT2D eigenvalue weighted by Crippen LogP contribution is 2.43. The Kier molecular flexibility index (Phi) is 10.1. The van der Waals surface area contributed by atoms with Crippen LogP contribution in [0.1, 0.15) is 38.5 Å². The summed E-state index contributed by atoms with van der Waals surface area (Å²) in [6, 6.07) is 0. The van der Waals surface area contributed by atoms with Gasteiger partial charge < -0.3 is 15.4 Å². The Labute approximate surface area is 175 Å². The van der Waals surface area contributed by atoms with Crippen molar-refractivity contribution in [2.45, 2.75) is 38.5 Å². The molecular weight excluding hydrogens is 467 g/mol. The predicted octanol–water partition coefficient (Wildman–Crippen LogP) is 1.65. The lowest BCUT2D eigenvalue weighted by atomic mass is 9.67. The zero-order chi connectivity index (χ0) is 18.3. The molecule has 1 saturated carbocycles. The highest BCUT2D eigenvalue weighted by Gasteiger charge is 2.36. The minimum absolute atomic E-state index is 0. The van der Waals surface area contributed by atoms with Crippen molar-refractivity contribution in [3.05, 3.63) is 0 Å². The Hall–Kier alpha value is -0.130. The largest absolute Gasteiger partial charge is 0.385 e. The van der Waals surface area contributed by atoms with E-state index in [2.05, 4.69) is 15.6 Å². The van der Waals surface area contributed by atoms with Crippen LogP contribution in [0, 0.1) is 11.3 Å². The van der Waals surface area contributed by atoms with E-state index in [1.54, 1.807) is 18.5 Å². The molecule has 2 fully saturated rings. The fourth-order valence-electron chi connectivity index (χ4n) is 3.69. The van der Waals surface area contributed by atoms with Gasteiger partial charge in [0.1, 0.15) is 0 Å². The van der Waals surface area contributed by atoms with Crippen LogP contribution in [0.15, 0.2) is 4.99 Å². The van der Waals surface area contributed by atoms with E-state index < -0.39 is 10.0 Å². The van der Waals surface area contributed by atoms with Gasteiger partial charge in [-0.05, 0) is 43.4 Å². The number of halogens is 1. The van der Waals surface area contributed by atoms with Crippen LogP contribution < -0.4 is 10.6 Å². The molecule has 0 unspecified atom stereocenters. The molecule has 2 aliphatic rings. The quantitative estimate of drug-likeness (QED) is 0.300. The molecule has 154 valence electrons. The Bertz CT molecular complexity index is 544. The first-order valence-corrected chi connectivity index (χ1v) is 11.1. The lowest BCUT2D eigenvalue weighted by molar-refractivity contribution is 0.0732. The molecule has 1 aliphatic carbocycles. The number of piperidine rings is 1. The number of rotatable bonds is 8. The zero-order valence-corrected chi connectivity index (χ0v) is 19.4. The van der Waals surface area contributed by atoms with Crippen molar-refractivity contribution in [2.24, 2.45) is 16.3 Å². The summed E-state index contributed by atoms with van der Waals surface area (Å²) in [5.41, 5.74) is 0.356. The summed E-state index contributed by atoms with van der Waals surface area (Å²) in [5, 5.41) is 6.88. The maximum absolute atomic E-state index is 11.6. The SMILES string of the molecule is CN=C(NCC1CCN(S(C)(=O)=O)CC1)NCC1(CCOC)CCC1.I. The summed E-state index contributed by atoms with van der Waals surface area (Å²) < 4.78 is 30.0. The fourth-order valence-corrected chi connectivity index (χ4v) is 4.56. The molecular formula is C17H35IN4O3S. The third-order valence-electron chi connectivity index (χ3n) is 5.71. The van der Waals surface area contributed by atoms with Crippen LogP contribution in [-0.4, -0.2) is 71.9 Å². The lowest BCUT2D eigenvalue weighted by Gasteiger charge is -2.42. The minimum Gasteiger partial charge on any atom is -0.385 e. The zero-order valence-electron chi connectivity index (χ0n) is 16.3. The number of hydrogen-bond acceptors (Lipinski definition) is 4. The van der Waals surface area contributed by atoms with Gasteiger partial charge in [-0.2, -0.15) is 0 Å². The lowest BCUT2D eigenvalue weighted by Crippen LogP contribution is -2.48. The van der Waals surface area contributed by atoms with Crippen molar-refractivity contribution >= 4 is 40.0 Å². The predicted molar refractivity (Wildman–Crippen MR) is 117 cm³/mol. The normalized spacial score (nSPS) is 21.6. The highest BCUT2D eigenvalue weighted by atomic mass is 127. The van der Waals surface area contributed by atoms with E-state index >= 15 is 0 Å². The summed E-state index contributed by atoms with van der Waals surface area (Å²) in [5.74, 6) is 1.33. The number of nitrogens with zero attached hydrogens (tertiary/aromatic N) is 2. The molecule has 0 aromatic carbocycles. The third kappa shape index (κ3) is 7.12. The second-order valence-corrected chi connectivity index (χ2v) is 9.49. The fraction of sp³-hybridized carbons (Fsp3) is 0.941. The van der Waals surface area contributed by atoms with E-state index in [4.69, 9.17) is 4.74 Å². The molecule has 26 heavy (non-hydrogen) atoms. The van der Waals surface area contributed by atoms with Crippen LogP contribution in [0.4, 0.5) is 0 Å². The van der Waals surface area contributed by atoms with E-state index in [1.807, 2.05) is 0 Å². The molecule has 9 heteroatoms. The summed E-state index contributed by atoms with van der Waals surface area (Å²) in [4.78, 5) is 4.33. The van der Waals surface area contributed by atoms with Crippen LogP contribution in [0.5, 0.6) is 0 Å². The number of aliphatic imine (C=N–C) groups is 1. The Balaban J connectivity index is 0.00000338. The van der Waals surface area contributed by atoms with Crippen molar-refractivity contribution in [2.75, 3.05) is 53.2 Å². The van der Waals surface area contributed by atoms with Crippen LogP contribution in [-0.2, 0) is 14.8 Å². The van der Waals surface area contributed by atoms with E-state index in [0.717, 1.165) is 44.9 Å². The summed E-state index contributed by atoms with van der Waals surface area (Å²) >= 11 is 0. The molecule has 0 aromatic heterocycles. The Morgan fingerprint density at radius 3 is 2.38 bits per heavy atom. The number of ether oxygens (including phenoxy) is 1. The molecule has 0 spiro atoms. The van der Waals surface area contributed by atoms with Gasteiger partial charge in [0.05, 0.1) is 6.26 Å². The summed E-state index contributed by atoms with van der Waals surface area (Å²) in [6.07, 6.45) is 7.99. The topological polar surface area (TPSA) is 83.0 Å². The van der Waals surface area contributed by atoms with Crippen LogP contribution >= 0.6 is 24.0 Å². The van der Waals surface area contributed by atoms with Crippen molar-refractivity contribution in [3.8, 4) is 0 Å². The van der Waals surface area contributed by atoms with Gasteiger partial charge >= 0.3 is 0 Å². The molecule has 2 N–H and O–H groups in total. The average Bonchev–Trinajstić information content (AvgIpc) is 2.55. The number of guanidine groups is 1. The van der Waals surface area contributed by atoms with Crippen molar-refractivity contribution < 1.29 is 13.2 Å². The van der Waals surface area contributed by atoms with Crippen molar-refractivity contribution in [3.63, 3.8) is 0 Å². The Morgan fingerprint density at radius 2 is 1.92 bits per heavy atom. The first kappa shape index (κ1) is 23.9. The van der Waals surface area contributed by atoms with Gasteiger partial charge in [0.25, 0.3) is 0 Å². The molecule has 0 aromatic rings. The van der Waals surface area contributed by atoms with Gasteiger partial charge in [0.15, 0.2) is 5.96 Å². The molecule has 1 heterocycles. The molecule has 0 atom stereocenters. The van der Waals surface area contributed by atoms with Gasteiger partial charge in [-0.25, -0.2) is 12.7 Å². The third-order valence-corrected chi connectivity index (χ3v) is 7.01. The summed E-state index contributed by atoms with van der Waals surface area (Å²) in [7, 11) is 0.507. The number of hydrogen-bond donors (Lipinski definition) is 2. The maximum Gasteiger partial charge on any atom is 0.211 e. The first-order chi connectivity index (χ1) is 11.9. The van der Waals surface area contributed by atoms with Gasteiger partial charge in [-0.15, -0.1) is 24.0 Å². The number of sulfonamides is 1. The highest BCUT2D eigenvalue weighted by molar-refractivity contribution is 14.0. The van der Waals surface area contributed by atoms with Crippen LogP contribution in [0.25, 0.3) is 0 Å².